The molecule has 0 atom stereocenters. The van der Waals surface area contributed by atoms with Crippen molar-refractivity contribution in [3.63, 3.8) is 0 Å². The Morgan fingerprint density at radius 2 is 1.78 bits per heavy atom. The summed E-state index contributed by atoms with van der Waals surface area (Å²) in [6.07, 6.45) is 1.56. The third kappa shape index (κ3) is 4.38. The molecule has 27 heavy (non-hydrogen) atoms. The molecule has 0 amide bonds. The highest BCUT2D eigenvalue weighted by molar-refractivity contribution is 7.92. The van der Waals surface area contributed by atoms with E-state index in [0.29, 0.717) is 15.6 Å². The predicted molar refractivity (Wildman–Crippen MR) is 102 cm³/mol. The van der Waals surface area contributed by atoms with Crippen LogP contribution in [0.2, 0.25) is 10.0 Å². The Kier molecular flexibility index (Phi) is 5.36. The van der Waals surface area contributed by atoms with Gasteiger partial charge in [0, 0.05) is 40.0 Å². The van der Waals surface area contributed by atoms with Crippen molar-refractivity contribution in [2.75, 3.05) is 4.72 Å². The smallest absolute Gasteiger partial charge is 0.266 e. The van der Waals surface area contributed by atoms with Gasteiger partial charge in [-0.05, 0) is 18.2 Å². The van der Waals surface area contributed by atoms with Gasteiger partial charge in [0.1, 0.15) is 0 Å². The van der Waals surface area contributed by atoms with Crippen LogP contribution in [0.5, 0.6) is 0 Å². The van der Waals surface area contributed by atoms with E-state index in [1.807, 2.05) is 0 Å². The third-order valence-corrected chi connectivity index (χ3v) is 5.66. The maximum atomic E-state index is 12.4. The number of aromatic nitrogens is 2. The summed E-state index contributed by atoms with van der Waals surface area (Å²) >= 11 is 12.2. The molecule has 1 N–H and O–H groups in total. The van der Waals surface area contributed by atoms with Gasteiger partial charge in [-0.2, -0.15) is 5.10 Å². The van der Waals surface area contributed by atoms with Gasteiger partial charge in [0.05, 0.1) is 16.4 Å². The van der Waals surface area contributed by atoms with Crippen LogP contribution >= 0.6 is 23.2 Å². The number of halogens is 2. The summed E-state index contributed by atoms with van der Waals surface area (Å²) in [5, 5.41) is 15.9. The molecule has 0 bridgehead atoms. The number of rotatable bonds is 6. The van der Waals surface area contributed by atoms with E-state index in [4.69, 9.17) is 23.2 Å². The first-order chi connectivity index (χ1) is 12.8. The highest BCUT2D eigenvalue weighted by Crippen LogP contribution is 2.25. The topological polar surface area (TPSA) is 107 Å². The van der Waals surface area contributed by atoms with Crippen LogP contribution in [-0.2, 0) is 16.6 Å². The van der Waals surface area contributed by atoms with E-state index in [2.05, 4.69) is 9.82 Å². The van der Waals surface area contributed by atoms with Crippen LogP contribution in [0.15, 0.2) is 59.6 Å². The highest BCUT2D eigenvalue weighted by Gasteiger charge is 2.19. The van der Waals surface area contributed by atoms with Gasteiger partial charge < -0.3 is 0 Å². The minimum atomic E-state index is -4.03. The van der Waals surface area contributed by atoms with E-state index < -0.39 is 14.9 Å². The molecule has 2 aromatic carbocycles. The van der Waals surface area contributed by atoms with E-state index >= 15 is 0 Å². The summed E-state index contributed by atoms with van der Waals surface area (Å²) in [6, 6.07) is 11.3. The molecule has 3 rings (SSSR count). The zero-order valence-corrected chi connectivity index (χ0v) is 15.9. The van der Waals surface area contributed by atoms with Gasteiger partial charge in [0.2, 0.25) is 0 Å². The number of nitro benzene ring substituents is 1. The van der Waals surface area contributed by atoms with Crippen LogP contribution in [0.3, 0.4) is 0 Å². The average molecular weight is 427 g/mol. The quantitative estimate of drug-likeness (QED) is 0.474. The standard InChI is InChI=1S/C16H12Cl2N4O4S/c17-14-5-2-6-15(18)13(14)10-21-8-7-16(19-21)20-27(25,26)12-4-1-3-11(9-12)22(23)24/h1-9H,10H2,(H,19,20). The fourth-order valence-electron chi connectivity index (χ4n) is 2.31. The second kappa shape index (κ2) is 7.55. The Labute approximate surface area is 164 Å². The van der Waals surface area contributed by atoms with Crippen molar-refractivity contribution >= 4 is 44.7 Å². The van der Waals surface area contributed by atoms with Crippen molar-refractivity contribution in [3.05, 3.63) is 80.5 Å². The largest absolute Gasteiger partial charge is 0.270 e. The van der Waals surface area contributed by atoms with E-state index in [1.54, 1.807) is 24.4 Å². The maximum Gasteiger partial charge on any atom is 0.270 e. The molecule has 0 aliphatic carbocycles. The summed E-state index contributed by atoms with van der Waals surface area (Å²) in [5.74, 6) is 0.0599. The lowest BCUT2D eigenvalue weighted by molar-refractivity contribution is -0.385. The first kappa shape index (κ1) is 19.2. The van der Waals surface area contributed by atoms with Crippen molar-refractivity contribution in [3.8, 4) is 0 Å². The number of sulfonamides is 1. The third-order valence-electron chi connectivity index (χ3n) is 3.60. The van der Waals surface area contributed by atoms with E-state index in [1.165, 1.54) is 28.9 Å². The van der Waals surface area contributed by atoms with E-state index in [0.717, 1.165) is 6.07 Å². The van der Waals surface area contributed by atoms with Crippen LogP contribution < -0.4 is 4.72 Å². The summed E-state index contributed by atoms with van der Waals surface area (Å²) in [6.45, 7) is 0.247. The van der Waals surface area contributed by atoms with Crippen LogP contribution in [0.4, 0.5) is 11.5 Å². The van der Waals surface area contributed by atoms with Crippen LogP contribution in [0, 0.1) is 10.1 Å². The molecule has 1 aromatic heterocycles. The lowest BCUT2D eigenvalue weighted by atomic mass is 10.2. The number of nitrogens with one attached hydrogen (secondary N) is 1. The Morgan fingerprint density at radius 3 is 2.44 bits per heavy atom. The van der Waals surface area contributed by atoms with Gasteiger partial charge in [-0.1, -0.05) is 35.3 Å². The van der Waals surface area contributed by atoms with Crippen LogP contribution in [0.1, 0.15) is 5.56 Å². The van der Waals surface area contributed by atoms with Gasteiger partial charge in [-0.25, -0.2) is 8.42 Å². The predicted octanol–water partition coefficient (Wildman–Crippen LogP) is 3.95. The first-order valence-corrected chi connectivity index (χ1v) is 9.74. The molecule has 8 nitrogen and oxygen atoms in total. The molecule has 0 fully saturated rings. The van der Waals surface area contributed by atoms with Gasteiger partial charge >= 0.3 is 0 Å². The number of anilines is 1. The van der Waals surface area contributed by atoms with Crippen LogP contribution in [0.25, 0.3) is 0 Å². The van der Waals surface area contributed by atoms with Crippen molar-refractivity contribution in [2.45, 2.75) is 11.4 Å². The molecular formula is C16H12Cl2N4O4S. The highest BCUT2D eigenvalue weighted by atomic mass is 35.5. The van der Waals surface area contributed by atoms with Crippen molar-refractivity contribution in [1.29, 1.82) is 0 Å². The molecule has 140 valence electrons. The molecule has 0 saturated heterocycles. The van der Waals surface area contributed by atoms with Crippen LogP contribution in [-0.4, -0.2) is 23.1 Å². The zero-order valence-electron chi connectivity index (χ0n) is 13.5. The molecule has 0 unspecified atom stereocenters. The second-order valence-electron chi connectivity index (χ2n) is 5.46. The Balaban J connectivity index is 1.81. The SMILES string of the molecule is O=[N+]([O-])c1cccc(S(=O)(=O)Nc2ccn(Cc3c(Cl)cccc3Cl)n2)c1. The fraction of sp³-hybridized carbons (Fsp3) is 0.0625. The summed E-state index contributed by atoms with van der Waals surface area (Å²) < 4.78 is 28.6. The molecule has 11 heteroatoms. The van der Waals surface area contributed by atoms with Gasteiger partial charge in [-0.3, -0.25) is 19.5 Å². The number of hydrogen-bond donors (Lipinski definition) is 1. The molecular weight excluding hydrogens is 415 g/mol. The molecule has 1 heterocycles. The molecule has 0 aliphatic heterocycles. The summed E-state index contributed by atoms with van der Waals surface area (Å²) in [7, 11) is -4.03. The van der Waals surface area contributed by atoms with E-state index in [9.17, 15) is 18.5 Å². The first-order valence-electron chi connectivity index (χ1n) is 7.50. The monoisotopic (exact) mass is 426 g/mol. The molecule has 0 aliphatic rings. The van der Waals surface area contributed by atoms with Gasteiger partial charge in [-0.15, -0.1) is 0 Å². The Morgan fingerprint density at radius 1 is 1.11 bits per heavy atom. The van der Waals surface area contributed by atoms with Gasteiger partial charge in [0.25, 0.3) is 15.7 Å². The summed E-state index contributed by atoms with van der Waals surface area (Å²) in [4.78, 5) is 9.92. The Bertz CT molecular complexity index is 1090. The van der Waals surface area contributed by atoms with Crippen molar-refractivity contribution in [1.82, 2.24) is 9.78 Å². The zero-order chi connectivity index (χ0) is 19.6. The lowest BCUT2D eigenvalue weighted by Gasteiger charge is -2.07. The fourth-order valence-corrected chi connectivity index (χ4v) is 3.86. The number of nitro groups is 1. The number of benzene rings is 2. The molecule has 0 spiro atoms. The minimum absolute atomic E-state index is 0.0599. The van der Waals surface area contributed by atoms with Gasteiger partial charge in [0.15, 0.2) is 5.82 Å². The normalized spacial score (nSPS) is 11.3. The minimum Gasteiger partial charge on any atom is -0.266 e. The maximum absolute atomic E-state index is 12.4. The summed E-state index contributed by atoms with van der Waals surface area (Å²) in [5.41, 5.74) is 0.328. The van der Waals surface area contributed by atoms with Crippen molar-refractivity contribution < 1.29 is 13.3 Å². The number of non-ortho nitro benzene ring substituents is 1. The van der Waals surface area contributed by atoms with Crippen molar-refractivity contribution in [2.24, 2.45) is 0 Å². The average Bonchev–Trinajstić information content (AvgIpc) is 3.05. The second-order valence-corrected chi connectivity index (χ2v) is 7.96. The number of nitrogens with zero attached hydrogens (tertiary/aromatic N) is 3. The lowest BCUT2D eigenvalue weighted by Crippen LogP contribution is -2.14. The molecule has 0 radical (unpaired) electrons. The Hall–Kier alpha value is -2.62. The molecule has 3 aromatic rings. The van der Waals surface area contributed by atoms with E-state index in [-0.39, 0.29) is 22.9 Å². The number of hydrogen-bond acceptors (Lipinski definition) is 5. The molecule has 0 saturated carbocycles.